The Labute approximate surface area is 206 Å². The van der Waals surface area contributed by atoms with Crippen LogP contribution in [-0.2, 0) is 0 Å². The SMILES string of the molecule is c1ccc(-n2c3ccccc3c3c4c(cc(-c5ncccn5)c32)oc2ccc3ccccc3c24)cc1. The zero-order valence-electron chi connectivity index (χ0n) is 19.2. The number of rotatable bonds is 2. The highest BCUT2D eigenvalue weighted by atomic mass is 16.3. The van der Waals surface area contributed by atoms with Gasteiger partial charge < -0.3 is 8.98 Å². The van der Waals surface area contributed by atoms with Crippen LogP contribution in [0.25, 0.3) is 71.6 Å². The summed E-state index contributed by atoms with van der Waals surface area (Å²) in [7, 11) is 0. The van der Waals surface area contributed by atoms with Gasteiger partial charge in [-0.15, -0.1) is 0 Å². The number of hydrogen-bond acceptors (Lipinski definition) is 3. The maximum absolute atomic E-state index is 6.53. The largest absolute Gasteiger partial charge is 0.456 e. The van der Waals surface area contributed by atoms with Gasteiger partial charge in [0.05, 0.1) is 11.0 Å². The summed E-state index contributed by atoms with van der Waals surface area (Å²) in [6, 6.07) is 35.8. The highest BCUT2D eigenvalue weighted by Gasteiger charge is 2.24. The van der Waals surface area contributed by atoms with E-state index in [1.165, 1.54) is 16.2 Å². The van der Waals surface area contributed by atoms with Gasteiger partial charge in [-0.2, -0.15) is 0 Å². The fourth-order valence-electron chi connectivity index (χ4n) is 5.64. The van der Waals surface area contributed by atoms with Crippen LogP contribution in [0.4, 0.5) is 0 Å². The number of furan rings is 1. The molecule has 8 rings (SSSR count). The fourth-order valence-corrected chi connectivity index (χ4v) is 5.64. The Bertz CT molecular complexity index is 2090. The van der Waals surface area contributed by atoms with Gasteiger partial charge in [-0.1, -0.05) is 66.7 Å². The van der Waals surface area contributed by atoms with Crippen molar-refractivity contribution < 1.29 is 4.42 Å². The first-order valence-corrected chi connectivity index (χ1v) is 12.0. The summed E-state index contributed by atoms with van der Waals surface area (Å²) >= 11 is 0. The van der Waals surface area contributed by atoms with Crippen molar-refractivity contribution >= 4 is 54.5 Å². The monoisotopic (exact) mass is 461 g/mol. The Hall–Kier alpha value is -4.96. The summed E-state index contributed by atoms with van der Waals surface area (Å²) in [4.78, 5) is 9.30. The molecule has 8 aromatic rings. The summed E-state index contributed by atoms with van der Waals surface area (Å²) in [5, 5.41) is 6.99. The minimum atomic E-state index is 0.676. The predicted octanol–water partition coefficient (Wildman–Crippen LogP) is 8.29. The topological polar surface area (TPSA) is 43.9 Å². The van der Waals surface area contributed by atoms with Crippen LogP contribution in [0.5, 0.6) is 0 Å². The molecule has 0 aliphatic carbocycles. The molecule has 0 amide bonds. The zero-order chi connectivity index (χ0) is 23.6. The minimum Gasteiger partial charge on any atom is -0.456 e. The smallest absolute Gasteiger partial charge is 0.161 e. The van der Waals surface area contributed by atoms with E-state index >= 15 is 0 Å². The summed E-state index contributed by atoms with van der Waals surface area (Å²) in [5.74, 6) is 0.676. The van der Waals surface area contributed by atoms with Crippen molar-refractivity contribution in [3.8, 4) is 17.1 Å². The lowest BCUT2D eigenvalue weighted by Crippen LogP contribution is -1.97. The van der Waals surface area contributed by atoms with Crippen LogP contribution >= 0.6 is 0 Å². The Morgan fingerprint density at radius 2 is 1.33 bits per heavy atom. The van der Waals surface area contributed by atoms with E-state index in [-0.39, 0.29) is 0 Å². The molecule has 0 saturated heterocycles. The molecular weight excluding hydrogens is 442 g/mol. The summed E-state index contributed by atoms with van der Waals surface area (Å²) in [5.41, 5.74) is 5.98. The van der Waals surface area contributed by atoms with Gasteiger partial charge in [-0.05, 0) is 47.2 Å². The molecule has 0 spiro atoms. The Morgan fingerprint density at radius 1 is 0.583 bits per heavy atom. The number of aromatic nitrogens is 3. The molecule has 0 radical (unpaired) electrons. The van der Waals surface area contributed by atoms with E-state index in [0.717, 1.165) is 49.6 Å². The van der Waals surface area contributed by atoms with Crippen molar-refractivity contribution in [2.75, 3.05) is 0 Å². The van der Waals surface area contributed by atoms with E-state index in [4.69, 9.17) is 4.42 Å². The van der Waals surface area contributed by atoms with Crippen molar-refractivity contribution in [3.63, 3.8) is 0 Å². The first-order chi connectivity index (χ1) is 17.9. The number of fused-ring (bicyclic) bond motifs is 9. The zero-order valence-corrected chi connectivity index (χ0v) is 19.2. The van der Waals surface area contributed by atoms with E-state index in [1.807, 2.05) is 12.1 Å². The molecule has 3 heterocycles. The predicted molar refractivity (Wildman–Crippen MR) is 147 cm³/mol. The summed E-state index contributed by atoms with van der Waals surface area (Å²) < 4.78 is 8.86. The van der Waals surface area contributed by atoms with Gasteiger partial charge in [-0.3, -0.25) is 0 Å². The third-order valence-corrected chi connectivity index (χ3v) is 7.08. The van der Waals surface area contributed by atoms with E-state index in [9.17, 15) is 0 Å². The molecule has 3 aromatic heterocycles. The Morgan fingerprint density at radius 3 is 2.19 bits per heavy atom. The standard InChI is InChI=1S/C32H19N3O/c1-2-10-21(11-3-1)35-25-14-7-6-13-23(25)29-30-27(19-24(31(29)35)32-33-17-8-18-34-32)36-26-16-15-20-9-4-5-12-22(20)28(26)30/h1-19H. The van der Waals surface area contributed by atoms with Crippen LogP contribution in [0.1, 0.15) is 0 Å². The highest BCUT2D eigenvalue weighted by Crippen LogP contribution is 2.46. The molecule has 0 N–H and O–H groups in total. The molecule has 36 heavy (non-hydrogen) atoms. The van der Waals surface area contributed by atoms with Gasteiger partial charge in [0.1, 0.15) is 11.2 Å². The normalized spacial score (nSPS) is 11.9. The van der Waals surface area contributed by atoms with Crippen LogP contribution in [0.15, 0.2) is 120 Å². The number of para-hydroxylation sites is 2. The van der Waals surface area contributed by atoms with Gasteiger partial charge in [0.15, 0.2) is 5.82 Å². The third-order valence-electron chi connectivity index (χ3n) is 7.08. The second-order valence-electron chi connectivity index (χ2n) is 9.04. The lowest BCUT2D eigenvalue weighted by Gasteiger charge is -2.11. The molecule has 168 valence electrons. The number of nitrogens with zero attached hydrogens (tertiary/aromatic N) is 3. The van der Waals surface area contributed by atoms with Crippen LogP contribution in [0, 0.1) is 0 Å². The van der Waals surface area contributed by atoms with Crippen molar-refractivity contribution in [3.05, 3.63) is 116 Å². The summed E-state index contributed by atoms with van der Waals surface area (Å²) in [6.45, 7) is 0. The minimum absolute atomic E-state index is 0.676. The lowest BCUT2D eigenvalue weighted by atomic mass is 9.98. The first-order valence-electron chi connectivity index (χ1n) is 12.0. The molecular formula is C32H19N3O. The molecule has 5 aromatic carbocycles. The lowest BCUT2D eigenvalue weighted by molar-refractivity contribution is 0.669. The average molecular weight is 462 g/mol. The van der Waals surface area contributed by atoms with Crippen molar-refractivity contribution in [1.29, 1.82) is 0 Å². The van der Waals surface area contributed by atoms with Gasteiger partial charge in [0.25, 0.3) is 0 Å². The highest BCUT2D eigenvalue weighted by molar-refractivity contribution is 6.33. The molecule has 0 fully saturated rings. The molecule has 0 aliphatic heterocycles. The van der Waals surface area contributed by atoms with Crippen LogP contribution < -0.4 is 0 Å². The van der Waals surface area contributed by atoms with Crippen molar-refractivity contribution in [1.82, 2.24) is 14.5 Å². The van der Waals surface area contributed by atoms with E-state index in [2.05, 4.69) is 106 Å². The molecule has 4 nitrogen and oxygen atoms in total. The average Bonchev–Trinajstić information content (AvgIpc) is 3.49. The quantitative estimate of drug-likeness (QED) is 0.260. The van der Waals surface area contributed by atoms with Gasteiger partial charge >= 0.3 is 0 Å². The Balaban J connectivity index is 1.71. The first kappa shape index (κ1) is 19.4. The fraction of sp³-hybridized carbons (Fsp3) is 0. The Kier molecular flexibility index (Phi) is 3.91. The maximum Gasteiger partial charge on any atom is 0.161 e. The van der Waals surface area contributed by atoms with Crippen LogP contribution in [0.3, 0.4) is 0 Å². The van der Waals surface area contributed by atoms with E-state index < -0.39 is 0 Å². The van der Waals surface area contributed by atoms with Gasteiger partial charge in [0.2, 0.25) is 0 Å². The van der Waals surface area contributed by atoms with Crippen LogP contribution in [0.2, 0.25) is 0 Å². The van der Waals surface area contributed by atoms with Crippen molar-refractivity contribution in [2.24, 2.45) is 0 Å². The van der Waals surface area contributed by atoms with Crippen LogP contribution in [-0.4, -0.2) is 14.5 Å². The number of hydrogen-bond donors (Lipinski definition) is 0. The van der Waals surface area contributed by atoms with Gasteiger partial charge in [-0.25, -0.2) is 9.97 Å². The molecule has 0 saturated carbocycles. The number of benzene rings is 5. The second-order valence-corrected chi connectivity index (χ2v) is 9.04. The molecule has 0 bridgehead atoms. The van der Waals surface area contributed by atoms with E-state index in [1.54, 1.807) is 12.4 Å². The van der Waals surface area contributed by atoms with Crippen molar-refractivity contribution in [2.45, 2.75) is 0 Å². The molecule has 4 heteroatoms. The van der Waals surface area contributed by atoms with E-state index in [0.29, 0.717) is 5.82 Å². The molecule has 0 aliphatic rings. The maximum atomic E-state index is 6.53. The third kappa shape index (κ3) is 2.58. The molecule has 0 unspecified atom stereocenters. The second kappa shape index (κ2) is 7.27. The van der Waals surface area contributed by atoms with Gasteiger partial charge in [0, 0.05) is 45.2 Å². The molecule has 0 atom stereocenters. The summed E-state index contributed by atoms with van der Waals surface area (Å²) in [6.07, 6.45) is 3.58.